The van der Waals surface area contributed by atoms with Crippen molar-refractivity contribution >= 4 is 27.8 Å². The van der Waals surface area contributed by atoms with E-state index in [0.717, 1.165) is 22.9 Å². The zero-order chi connectivity index (χ0) is 17.3. The molecule has 1 N–H and O–H groups in total. The van der Waals surface area contributed by atoms with E-state index < -0.39 is 11.9 Å². The van der Waals surface area contributed by atoms with Crippen molar-refractivity contribution in [3.8, 4) is 0 Å². The third-order valence-corrected chi connectivity index (χ3v) is 5.76. The first-order valence-electron chi connectivity index (χ1n) is 8.37. The van der Waals surface area contributed by atoms with Crippen LogP contribution in [0.4, 0.5) is 0 Å². The molecular formula is C18H22BrNO4. The molecule has 2 fully saturated rings. The van der Waals surface area contributed by atoms with Crippen molar-refractivity contribution < 1.29 is 19.4 Å². The number of nitrogens with zero attached hydrogens (tertiary/aromatic N) is 1. The van der Waals surface area contributed by atoms with Crippen LogP contribution in [0, 0.1) is 18.8 Å². The molecule has 1 amide bonds. The Balaban J connectivity index is 1.62. The molecule has 0 saturated carbocycles. The maximum absolute atomic E-state index is 12.7. The van der Waals surface area contributed by atoms with Crippen molar-refractivity contribution in [2.24, 2.45) is 11.8 Å². The van der Waals surface area contributed by atoms with Crippen LogP contribution in [0.1, 0.15) is 35.2 Å². The number of piperidine rings is 1. The zero-order valence-corrected chi connectivity index (χ0v) is 15.3. The van der Waals surface area contributed by atoms with E-state index in [1.807, 2.05) is 30.0 Å². The first kappa shape index (κ1) is 17.4. The van der Waals surface area contributed by atoms with E-state index in [-0.39, 0.29) is 17.9 Å². The summed E-state index contributed by atoms with van der Waals surface area (Å²) in [5.41, 5.74) is 1.79. The molecule has 0 aliphatic carbocycles. The van der Waals surface area contributed by atoms with Gasteiger partial charge in [0.1, 0.15) is 0 Å². The molecule has 2 heterocycles. The first-order chi connectivity index (χ1) is 11.5. The molecule has 0 aromatic heterocycles. The Hall–Kier alpha value is -1.40. The number of aliphatic carboxylic acids is 1. The van der Waals surface area contributed by atoms with Crippen molar-refractivity contribution in [2.75, 3.05) is 19.7 Å². The summed E-state index contributed by atoms with van der Waals surface area (Å²) < 4.78 is 6.51. The Morgan fingerprint density at radius 2 is 1.96 bits per heavy atom. The molecule has 1 aromatic rings. The lowest BCUT2D eigenvalue weighted by Crippen LogP contribution is -2.43. The number of aryl methyl sites for hydroxylation is 1. The number of carboxylic acids is 1. The van der Waals surface area contributed by atoms with Gasteiger partial charge >= 0.3 is 5.97 Å². The highest BCUT2D eigenvalue weighted by molar-refractivity contribution is 9.10. The largest absolute Gasteiger partial charge is 0.481 e. The summed E-state index contributed by atoms with van der Waals surface area (Å²) >= 11 is 3.47. The molecule has 2 aliphatic rings. The van der Waals surface area contributed by atoms with Crippen LogP contribution in [0.3, 0.4) is 0 Å². The molecule has 24 heavy (non-hydrogen) atoms. The second-order valence-electron chi connectivity index (χ2n) is 6.68. The number of carboxylic acid groups (broad SMARTS) is 1. The quantitative estimate of drug-likeness (QED) is 0.853. The van der Waals surface area contributed by atoms with Crippen LogP contribution < -0.4 is 0 Å². The van der Waals surface area contributed by atoms with Crippen LogP contribution in [-0.2, 0) is 9.53 Å². The molecule has 130 valence electrons. The minimum atomic E-state index is -0.764. The standard InChI is InChI=1S/C18H22BrNO4/c1-11-2-3-13(15(19)10-11)17(21)20-7-4-12(5-8-20)16-14(18(22)23)6-9-24-16/h2-3,10,12,14,16H,4-9H2,1H3,(H,22,23)/t14?,16-/m0/s1. The molecule has 2 atom stereocenters. The van der Waals surface area contributed by atoms with Gasteiger partial charge in [0.05, 0.1) is 17.6 Å². The number of hydrogen-bond acceptors (Lipinski definition) is 3. The van der Waals surface area contributed by atoms with E-state index in [1.165, 1.54) is 0 Å². The smallest absolute Gasteiger partial charge is 0.309 e. The van der Waals surface area contributed by atoms with Gasteiger partial charge in [-0.3, -0.25) is 9.59 Å². The zero-order valence-electron chi connectivity index (χ0n) is 13.7. The van der Waals surface area contributed by atoms with Gasteiger partial charge in [0.25, 0.3) is 5.91 Å². The first-order valence-corrected chi connectivity index (χ1v) is 9.16. The third kappa shape index (κ3) is 3.49. The number of carbonyl (C=O) groups is 2. The average Bonchev–Trinajstić information content (AvgIpc) is 3.04. The molecule has 0 bridgehead atoms. The Kier molecular flexibility index (Phi) is 5.25. The van der Waals surface area contributed by atoms with Crippen LogP contribution in [0.25, 0.3) is 0 Å². The summed E-state index contributed by atoms with van der Waals surface area (Å²) in [6, 6.07) is 5.74. The molecular weight excluding hydrogens is 374 g/mol. The van der Waals surface area contributed by atoms with Crippen molar-refractivity contribution in [1.82, 2.24) is 4.90 Å². The summed E-state index contributed by atoms with van der Waals surface area (Å²) in [6.07, 6.45) is 1.98. The number of carbonyl (C=O) groups excluding carboxylic acids is 1. The molecule has 6 heteroatoms. The topological polar surface area (TPSA) is 66.8 Å². The Labute approximate surface area is 150 Å². The average molecular weight is 396 g/mol. The van der Waals surface area contributed by atoms with Gasteiger partial charge in [0.2, 0.25) is 0 Å². The van der Waals surface area contributed by atoms with Gasteiger partial charge < -0.3 is 14.7 Å². The number of benzene rings is 1. The van der Waals surface area contributed by atoms with Gasteiger partial charge in [-0.1, -0.05) is 6.07 Å². The summed E-state index contributed by atoms with van der Waals surface area (Å²) in [4.78, 5) is 25.9. The third-order valence-electron chi connectivity index (χ3n) is 5.10. The number of halogens is 1. The predicted octanol–water partition coefficient (Wildman–Crippen LogP) is 3.10. The van der Waals surface area contributed by atoms with Crippen molar-refractivity contribution in [3.05, 3.63) is 33.8 Å². The Bertz CT molecular complexity index is 640. The molecule has 2 saturated heterocycles. The van der Waals surface area contributed by atoms with E-state index in [9.17, 15) is 14.7 Å². The number of amides is 1. The fourth-order valence-electron chi connectivity index (χ4n) is 3.74. The molecule has 0 radical (unpaired) electrons. The number of likely N-dealkylation sites (tertiary alicyclic amines) is 1. The van der Waals surface area contributed by atoms with Gasteiger partial charge in [-0.2, -0.15) is 0 Å². The van der Waals surface area contributed by atoms with Gasteiger partial charge in [-0.15, -0.1) is 0 Å². The number of hydrogen-bond donors (Lipinski definition) is 1. The molecule has 1 aromatic carbocycles. The van der Waals surface area contributed by atoms with E-state index in [0.29, 0.717) is 31.7 Å². The highest BCUT2D eigenvalue weighted by Crippen LogP contribution is 2.34. The monoisotopic (exact) mass is 395 g/mol. The van der Waals surface area contributed by atoms with E-state index in [1.54, 1.807) is 0 Å². The summed E-state index contributed by atoms with van der Waals surface area (Å²) in [5, 5.41) is 9.31. The Morgan fingerprint density at radius 3 is 2.58 bits per heavy atom. The van der Waals surface area contributed by atoms with Gasteiger partial charge in [-0.25, -0.2) is 0 Å². The summed E-state index contributed by atoms with van der Waals surface area (Å²) in [6.45, 7) is 3.81. The minimum Gasteiger partial charge on any atom is -0.481 e. The lowest BCUT2D eigenvalue weighted by molar-refractivity contribution is -0.145. The SMILES string of the molecule is Cc1ccc(C(=O)N2CCC([C@@H]3OCCC3C(=O)O)CC2)c(Br)c1. The minimum absolute atomic E-state index is 0.0300. The predicted molar refractivity (Wildman–Crippen MR) is 93.0 cm³/mol. The second-order valence-corrected chi connectivity index (χ2v) is 7.54. The van der Waals surface area contributed by atoms with Crippen LogP contribution >= 0.6 is 15.9 Å². The van der Waals surface area contributed by atoms with Crippen LogP contribution in [0.15, 0.2) is 22.7 Å². The van der Waals surface area contributed by atoms with Crippen molar-refractivity contribution in [3.63, 3.8) is 0 Å². The fourth-order valence-corrected chi connectivity index (χ4v) is 4.40. The van der Waals surface area contributed by atoms with Gasteiger partial charge in [0.15, 0.2) is 0 Å². The molecule has 3 rings (SSSR count). The van der Waals surface area contributed by atoms with Crippen LogP contribution in [0.2, 0.25) is 0 Å². The highest BCUT2D eigenvalue weighted by Gasteiger charge is 2.40. The maximum atomic E-state index is 12.7. The fraction of sp³-hybridized carbons (Fsp3) is 0.556. The van der Waals surface area contributed by atoms with Crippen molar-refractivity contribution in [1.29, 1.82) is 0 Å². The van der Waals surface area contributed by atoms with E-state index >= 15 is 0 Å². The Morgan fingerprint density at radius 1 is 1.25 bits per heavy atom. The summed E-state index contributed by atoms with van der Waals surface area (Å²) in [5.74, 6) is -0.912. The van der Waals surface area contributed by atoms with Gasteiger partial charge in [-0.05, 0) is 65.7 Å². The van der Waals surface area contributed by atoms with E-state index in [2.05, 4.69) is 15.9 Å². The molecule has 1 unspecified atom stereocenters. The molecule has 2 aliphatic heterocycles. The number of rotatable bonds is 3. The highest BCUT2D eigenvalue weighted by atomic mass is 79.9. The second kappa shape index (κ2) is 7.23. The van der Waals surface area contributed by atoms with Gasteiger partial charge in [0, 0.05) is 24.2 Å². The van der Waals surface area contributed by atoms with Crippen LogP contribution in [0.5, 0.6) is 0 Å². The summed E-state index contributed by atoms with van der Waals surface area (Å²) in [7, 11) is 0. The lowest BCUT2D eigenvalue weighted by atomic mass is 9.84. The van der Waals surface area contributed by atoms with Crippen LogP contribution in [-0.4, -0.2) is 47.7 Å². The van der Waals surface area contributed by atoms with Crippen molar-refractivity contribution in [2.45, 2.75) is 32.3 Å². The normalized spacial score (nSPS) is 25.0. The van der Waals surface area contributed by atoms with E-state index in [4.69, 9.17) is 4.74 Å². The maximum Gasteiger partial charge on any atom is 0.309 e. The molecule has 5 nitrogen and oxygen atoms in total. The molecule has 0 spiro atoms. The number of ether oxygens (including phenoxy) is 1. The lowest BCUT2D eigenvalue weighted by Gasteiger charge is -2.35.